The first-order chi connectivity index (χ1) is 13.8. The van der Waals surface area contributed by atoms with Crippen LogP contribution in [0.4, 0.5) is 19.0 Å². The number of pyridine rings is 1. The second-order valence-corrected chi connectivity index (χ2v) is 8.96. The summed E-state index contributed by atoms with van der Waals surface area (Å²) in [7, 11) is 0. The number of fused-ring (bicyclic) bond motifs is 1. The molecule has 2 aromatic heterocycles. The minimum atomic E-state index is -4.56. The van der Waals surface area contributed by atoms with Crippen molar-refractivity contribution in [3.63, 3.8) is 0 Å². The van der Waals surface area contributed by atoms with Gasteiger partial charge in [-0.1, -0.05) is 50.6 Å². The zero-order valence-electron chi connectivity index (χ0n) is 17.2. The highest BCUT2D eigenvalue weighted by atomic mass is 35.5. The van der Waals surface area contributed by atoms with Crippen molar-refractivity contribution in [2.24, 2.45) is 5.41 Å². The van der Waals surface area contributed by atoms with Crippen molar-refractivity contribution in [2.75, 3.05) is 5.32 Å². The highest BCUT2D eigenvalue weighted by molar-refractivity contribution is 6.31. The van der Waals surface area contributed by atoms with Crippen molar-refractivity contribution in [3.8, 4) is 0 Å². The first-order valence-electron chi connectivity index (χ1n) is 9.46. The van der Waals surface area contributed by atoms with E-state index in [0.717, 1.165) is 10.6 Å². The fourth-order valence-corrected chi connectivity index (χ4v) is 3.46. The van der Waals surface area contributed by atoms with Crippen LogP contribution in [-0.4, -0.2) is 15.5 Å². The molecule has 30 heavy (non-hydrogen) atoms. The Morgan fingerprint density at radius 3 is 2.43 bits per heavy atom. The first-order valence-corrected chi connectivity index (χ1v) is 9.84. The number of carbonyl (C=O) groups is 1. The maximum atomic E-state index is 13.7. The summed E-state index contributed by atoms with van der Waals surface area (Å²) < 4.78 is 42.4. The van der Waals surface area contributed by atoms with Crippen LogP contribution in [0, 0.1) is 12.3 Å². The van der Waals surface area contributed by atoms with E-state index in [1.54, 1.807) is 37.3 Å². The van der Waals surface area contributed by atoms with Crippen LogP contribution >= 0.6 is 11.6 Å². The van der Waals surface area contributed by atoms with E-state index in [2.05, 4.69) is 10.3 Å². The monoisotopic (exact) mass is 437 g/mol. The minimum absolute atomic E-state index is 0.0468. The molecule has 0 spiro atoms. The number of halogens is 4. The number of hydrogen-bond acceptors (Lipinski definition) is 2. The van der Waals surface area contributed by atoms with Crippen molar-refractivity contribution in [3.05, 3.63) is 58.2 Å². The Labute approximate surface area is 178 Å². The molecule has 0 aliphatic carbocycles. The lowest BCUT2D eigenvalue weighted by Gasteiger charge is -2.18. The van der Waals surface area contributed by atoms with Gasteiger partial charge in [0.2, 0.25) is 5.91 Å². The fourth-order valence-electron chi connectivity index (χ4n) is 3.26. The Kier molecular flexibility index (Phi) is 5.87. The van der Waals surface area contributed by atoms with E-state index in [0.29, 0.717) is 21.7 Å². The van der Waals surface area contributed by atoms with Gasteiger partial charge >= 0.3 is 6.18 Å². The molecule has 0 atom stereocenters. The van der Waals surface area contributed by atoms with Crippen molar-refractivity contribution in [1.29, 1.82) is 0 Å². The number of benzene rings is 1. The van der Waals surface area contributed by atoms with E-state index in [4.69, 9.17) is 11.6 Å². The molecule has 0 saturated carbocycles. The predicted octanol–water partition coefficient (Wildman–Crippen LogP) is 6.44. The number of nitrogens with zero attached hydrogens (tertiary/aromatic N) is 2. The molecule has 4 nitrogen and oxygen atoms in total. The second-order valence-electron chi connectivity index (χ2n) is 8.55. The van der Waals surface area contributed by atoms with Crippen LogP contribution in [-0.2, 0) is 17.5 Å². The number of hydrogen-bond donors (Lipinski definition) is 1. The molecule has 0 unspecified atom stereocenters. The van der Waals surface area contributed by atoms with Crippen LogP contribution < -0.4 is 5.32 Å². The fraction of sp³-hybridized carbons (Fsp3) is 0.364. The van der Waals surface area contributed by atoms with E-state index in [9.17, 15) is 18.0 Å². The molecular weight excluding hydrogens is 415 g/mol. The molecule has 0 aliphatic rings. The number of alkyl halides is 3. The number of nitrogens with one attached hydrogen (secondary N) is 1. The van der Waals surface area contributed by atoms with E-state index in [-0.39, 0.29) is 35.6 Å². The Balaban J connectivity index is 2.07. The second kappa shape index (κ2) is 7.95. The predicted molar refractivity (Wildman–Crippen MR) is 113 cm³/mol. The number of rotatable bonds is 4. The zero-order chi connectivity index (χ0) is 22.3. The molecule has 1 N–H and O–H groups in total. The summed E-state index contributed by atoms with van der Waals surface area (Å²) in [5, 5.41) is 3.12. The number of aromatic nitrogens is 2. The van der Waals surface area contributed by atoms with Gasteiger partial charge in [0.25, 0.3) is 0 Å². The number of anilines is 1. The van der Waals surface area contributed by atoms with Gasteiger partial charge in [0.05, 0.1) is 11.0 Å². The van der Waals surface area contributed by atoms with Gasteiger partial charge in [0.1, 0.15) is 11.5 Å². The van der Waals surface area contributed by atoms with Crippen LogP contribution in [0.3, 0.4) is 0 Å². The van der Waals surface area contributed by atoms with Gasteiger partial charge in [-0.25, -0.2) is 4.98 Å². The smallest absolute Gasteiger partial charge is 0.331 e. The quantitative estimate of drug-likeness (QED) is 0.510. The van der Waals surface area contributed by atoms with Crippen molar-refractivity contribution < 1.29 is 18.0 Å². The van der Waals surface area contributed by atoms with Gasteiger partial charge in [-0.15, -0.1) is 0 Å². The lowest BCUT2D eigenvalue weighted by molar-refractivity contribution is -0.143. The van der Waals surface area contributed by atoms with Gasteiger partial charge < -0.3 is 9.88 Å². The van der Waals surface area contributed by atoms with E-state index < -0.39 is 11.9 Å². The molecule has 160 valence electrons. The maximum Gasteiger partial charge on any atom is 0.431 e. The van der Waals surface area contributed by atoms with E-state index >= 15 is 0 Å². The summed E-state index contributed by atoms with van der Waals surface area (Å²) in [4.78, 5) is 16.6. The normalized spacial score (nSPS) is 12.4. The van der Waals surface area contributed by atoms with E-state index in [1.165, 1.54) is 0 Å². The van der Waals surface area contributed by atoms with Gasteiger partial charge in [-0.2, -0.15) is 13.2 Å². The molecule has 0 fully saturated rings. The standard InChI is InChI=1S/C22H23ClF3N3O/c1-13-9-17-16(27-20(13)28-19(30)11-21(2,3)4)10-18(22(24,25)26)29(17)12-14-7-5-6-8-15(14)23/h5-10H,11-12H2,1-4H3,(H,27,28,30). The molecule has 0 bridgehead atoms. The molecule has 1 amide bonds. The average Bonchev–Trinajstić information content (AvgIpc) is 2.93. The number of amides is 1. The molecular formula is C22H23ClF3N3O. The summed E-state index contributed by atoms with van der Waals surface area (Å²) in [6.45, 7) is 7.45. The summed E-state index contributed by atoms with van der Waals surface area (Å²) in [6.07, 6.45) is -4.29. The summed E-state index contributed by atoms with van der Waals surface area (Å²) in [6, 6.07) is 9.40. The highest BCUT2D eigenvalue weighted by Crippen LogP contribution is 2.36. The average molecular weight is 438 g/mol. The number of aryl methyl sites for hydroxylation is 1. The molecule has 0 radical (unpaired) electrons. The van der Waals surface area contributed by atoms with Crippen molar-refractivity contribution >= 4 is 34.4 Å². The third kappa shape index (κ3) is 4.95. The van der Waals surface area contributed by atoms with E-state index in [1.807, 2.05) is 20.8 Å². The number of carbonyl (C=O) groups excluding carboxylic acids is 1. The Bertz CT molecular complexity index is 1100. The maximum absolute atomic E-state index is 13.7. The summed E-state index contributed by atoms with van der Waals surface area (Å²) >= 11 is 6.17. The SMILES string of the molecule is Cc1cc2c(cc(C(F)(F)F)n2Cc2ccccc2Cl)nc1NC(=O)CC(C)(C)C. The van der Waals surface area contributed by atoms with Crippen LogP contribution in [0.1, 0.15) is 44.0 Å². The van der Waals surface area contributed by atoms with Crippen molar-refractivity contribution in [1.82, 2.24) is 9.55 Å². The van der Waals surface area contributed by atoms with Crippen LogP contribution in [0.25, 0.3) is 11.0 Å². The van der Waals surface area contributed by atoms with Gasteiger partial charge in [-0.05, 0) is 41.7 Å². The Hall–Kier alpha value is -2.54. The largest absolute Gasteiger partial charge is 0.431 e. The molecule has 1 aromatic carbocycles. The van der Waals surface area contributed by atoms with Crippen molar-refractivity contribution in [2.45, 2.75) is 46.8 Å². The van der Waals surface area contributed by atoms with Gasteiger partial charge in [-0.3, -0.25) is 4.79 Å². The molecule has 0 aliphatic heterocycles. The third-order valence-electron chi connectivity index (χ3n) is 4.60. The first kappa shape index (κ1) is 22.2. The molecule has 3 aromatic rings. The lowest BCUT2D eigenvalue weighted by atomic mass is 9.92. The molecule has 0 saturated heterocycles. The van der Waals surface area contributed by atoms with Gasteiger partial charge in [0, 0.05) is 18.0 Å². The summed E-state index contributed by atoms with van der Waals surface area (Å²) in [5.41, 5.74) is 0.602. The van der Waals surface area contributed by atoms with Gasteiger partial charge in [0.15, 0.2) is 0 Å². The highest BCUT2D eigenvalue weighted by Gasteiger charge is 2.36. The summed E-state index contributed by atoms with van der Waals surface area (Å²) in [5.74, 6) is 0.0318. The molecule has 2 heterocycles. The molecule has 3 rings (SSSR count). The zero-order valence-corrected chi connectivity index (χ0v) is 17.9. The topological polar surface area (TPSA) is 46.9 Å². The Morgan fingerprint density at radius 1 is 1.17 bits per heavy atom. The third-order valence-corrected chi connectivity index (χ3v) is 4.97. The molecule has 8 heteroatoms. The van der Waals surface area contributed by atoms with Crippen LogP contribution in [0.15, 0.2) is 36.4 Å². The Morgan fingerprint density at radius 2 is 1.83 bits per heavy atom. The lowest BCUT2D eigenvalue weighted by Crippen LogP contribution is -2.20. The minimum Gasteiger partial charge on any atom is -0.331 e. The van der Waals surface area contributed by atoms with Crippen LogP contribution in [0.2, 0.25) is 5.02 Å². The van der Waals surface area contributed by atoms with Crippen LogP contribution in [0.5, 0.6) is 0 Å².